The van der Waals surface area contributed by atoms with Gasteiger partial charge in [-0.2, -0.15) is 24.3 Å². The number of hydrogen-bond acceptors (Lipinski definition) is 0. The SMILES string of the molecule is CC(C)c1cc2c(-c3ccccc3)cccc2[cH-]1.CC(C)c1cc2c(-c3ccccc3)cccc2[cH-]1.Cc1cc2c(-c3ccccc3)cccc2[cH-]1.Cc1cc2c(-c3ccccc3)cccc2[cH-]1.[Cl-].[Cl-].[Zr+2].[Zr+2]. The number of aryl methyl sites for hydroxylation is 2. The Bertz CT molecular complexity index is 3280. The van der Waals surface area contributed by atoms with Crippen molar-refractivity contribution in [1.29, 1.82) is 0 Å². The van der Waals surface area contributed by atoms with Gasteiger partial charge < -0.3 is 24.8 Å². The van der Waals surface area contributed by atoms with E-state index < -0.39 is 0 Å². The normalized spacial score (nSPS) is 10.4. The Hall–Kier alpha value is -5.45. The van der Waals surface area contributed by atoms with E-state index in [1.807, 2.05) is 0 Å². The van der Waals surface area contributed by atoms with Gasteiger partial charge in [0.15, 0.2) is 0 Å². The Morgan fingerprint density at radius 3 is 0.764 bits per heavy atom. The van der Waals surface area contributed by atoms with Crippen LogP contribution >= 0.6 is 0 Å². The summed E-state index contributed by atoms with van der Waals surface area (Å²) < 4.78 is 0. The molecule has 0 heterocycles. The Morgan fingerprint density at radius 1 is 0.278 bits per heavy atom. The van der Waals surface area contributed by atoms with Crippen molar-refractivity contribution in [3.63, 3.8) is 0 Å². The van der Waals surface area contributed by atoms with Crippen molar-refractivity contribution >= 4 is 43.1 Å². The van der Waals surface area contributed by atoms with Gasteiger partial charge >= 0.3 is 52.4 Å². The zero-order chi connectivity index (χ0) is 47.0. The van der Waals surface area contributed by atoms with E-state index in [0.717, 1.165) is 0 Å². The third-order valence-corrected chi connectivity index (χ3v) is 13.0. The van der Waals surface area contributed by atoms with Gasteiger partial charge in [0.05, 0.1) is 0 Å². The summed E-state index contributed by atoms with van der Waals surface area (Å²) in [5.41, 5.74) is 16.0. The molecular weight excluding hydrogens is 1070 g/mol. The van der Waals surface area contributed by atoms with E-state index >= 15 is 0 Å². The van der Waals surface area contributed by atoms with Crippen LogP contribution in [0.2, 0.25) is 0 Å². The van der Waals surface area contributed by atoms with Crippen LogP contribution in [0.4, 0.5) is 0 Å². The Balaban J connectivity index is 0.000000175. The van der Waals surface area contributed by atoms with Crippen molar-refractivity contribution in [1.82, 2.24) is 0 Å². The molecule has 0 radical (unpaired) electrons. The van der Waals surface area contributed by atoms with Crippen molar-refractivity contribution in [2.24, 2.45) is 0 Å². The largest absolute Gasteiger partial charge is 2.00 e. The van der Waals surface area contributed by atoms with Crippen molar-refractivity contribution < 1.29 is 77.2 Å². The average molecular weight is 1130 g/mol. The van der Waals surface area contributed by atoms with Gasteiger partial charge in [-0.1, -0.05) is 209 Å². The van der Waals surface area contributed by atoms with Crippen molar-refractivity contribution in [3.05, 3.63) is 265 Å². The fourth-order valence-electron chi connectivity index (χ4n) is 9.43. The zero-order valence-electron chi connectivity index (χ0n) is 42.0. The quantitative estimate of drug-likeness (QED) is 0.146. The molecule has 72 heavy (non-hydrogen) atoms. The molecule has 12 aromatic rings. The number of halogens is 2. The zero-order valence-corrected chi connectivity index (χ0v) is 48.4. The summed E-state index contributed by atoms with van der Waals surface area (Å²) in [5.74, 6) is 1.17. The van der Waals surface area contributed by atoms with E-state index in [-0.39, 0.29) is 77.2 Å². The van der Waals surface area contributed by atoms with Crippen LogP contribution in [0.3, 0.4) is 0 Å². The fourth-order valence-corrected chi connectivity index (χ4v) is 9.43. The Kier molecular flexibility index (Phi) is 21.6. The van der Waals surface area contributed by atoms with Crippen LogP contribution < -0.4 is 24.8 Å². The molecule has 0 N–H and O–H groups in total. The fraction of sp³-hybridized carbons (Fsp3) is 0.118. The topological polar surface area (TPSA) is 0 Å². The molecule has 4 heteroatoms. The molecule has 0 nitrogen and oxygen atoms in total. The van der Waals surface area contributed by atoms with Crippen LogP contribution in [0, 0.1) is 13.8 Å². The molecular formula is C68H60Cl2Zr2-2. The summed E-state index contributed by atoms with van der Waals surface area (Å²) in [7, 11) is 0. The van der Waals surface area contributed by atoms with Gasteiger partial charge in [-0.25, -0.2) is 0 Å². The molecule has 0 bridgehead atoms. The van der Waals surface area contributed by atoms with E-state index in [1.165, 1.54) is 110 Å². The van der Waals surface area contributed by atoms with E-state index in [1.54, 1.807) is 0 Å². The summed E-state index contributed by atoms with van der Waals surface area (Å²) >= 11 is 0. The van der Waals surface area contributed by atoms with Gasteiger partial charge in [-0.05, 0) is 34.1 Å². The molecule has 0 aromatic heterocycles. The molecule has 0 atom stereocenters. The van der Waals surface area contributed by atoms with Gasteiger partial charge in [0.1, 0.15) is 0 Å². The summed E-state index contributed by atoms with van der Waals surface area (Å²) in [6.45, 7) is 13.3. The molecule has 12 rings (SSSR count). The van der Waals surface area contributed by atoms with Crippen LogP contribution in [-0.4, -0.2) is 0 Å². The molecule has 0 saturated heterocycles. The first kappa shape index (κ1) is 57.4. The smallest absolute Gasteiger partial charge is 1.00 e. The standard InChI is InChI=1S/2C18H17.2C16H13.2ClH.2Zr/c2*1-13(2)16-11-15-9-6-10-17(18(15)12-16)14-7-4-3-5-8-14;2*1-12-10-14-8-5-9-15(16(14)11-12)13-6-3-2-4-7-13;;;;/h2*3-13H,1-2H3;2*2-11H,1H3;2*1H;;/q4*-1;;;2*+2/p-2. The van der Waals surface area contributed by atoms with Crippen LogP contribution in [-0.2, 0) is 52.4 Å². The van der Waals surface area contributed by atoms with E-state index in [4.69, 9.17) is 0 Å². The molecule has 0 amide bonds. The second-order valence-electron chi connectivity index (χ2n) is 18.7. The summed E-state index contributed by atoms with van der Waals surface area (Å²) in [5, 5.41) is 10.8. The first-order valence-electron chi connectivity index (χ1n) is 24.1. The molecule has 0 unspecified atom stereocenters. The van der Waals surface area contributed by atoms with Gasteiger partial charge in [0.25, 0.3) is 0 Å². The molecule has 0 aliphatic rings. The molecule has 0 aliphatic heterocycles. The van der Waals surface area contributed by atoms with Crippen molar-refractivity contribution in [2.75, 3.05) is 0 Å². The molecule has 12 aromatic carbocycles. The summed E-state index contributed by atoms with van der Waals surface area (Å²) in [6.07, 6.45) is 0. The first-order valence-corrected chi connectivity index (χ1v) is 24.1. The van der Waals surface area contributed by atoms with Gasteiger partial charge in [-0.15, -0.1) is 138 Å². The van der Waals surface area contributed by atoms with E-state index in [2.05, 4.69) is 284 Å². The minimum Gasteiger partial charge on any atom is -1.00 e. The third-order valence-electron chi connectivity index (χ3n) is 13.0. The van der Waals surface area contributed by atoms with Crippen LogP contribution in [0.15, 0.2) is 243 Å². The monoisotopic (exact) mass is 1130 g/mol. The van der Waals surface area contributed by atoms with Crippen molar-refractivity contribution in [3.8, 4) is 44.5 Å². The average Bonchev–Trinajstić information content (AvgIpc) is 4.19. The Labute approximate surface area is 478 Å². The maximum Gasteiger partial charge on any atom is 2.00 e. The van der Waals surface area contributed by atoms with Gasteiger partial charge in [-0.3, -0.25) is 0 Å². The van der Waals surface area contributed by atoms with Crippen LogP contribution in [0.25, 0.3) is 87.6 Å². The number of hydrogen-bond donors (Lipinski definition) is 0. The minimum atomic E-state index is 0. The molecule has 0 spiro atoms. The third kappa shape index (κ3) is 13.6. The van der Waals surface area contributed by atoms with Gasteiger partial charge in [0.2, 0.25) is 0 Å². The maximum absolute atomic E-state index is 2.34. The predicted molar refractivity (Wildman–Crippen MR) is 298 cm³/mol. The minimum absolute atomic E-state index is 0. The van der Waals surface area contributed by atoms with Crippen molar-refractivity contribution in [2.45, 2.75) is 53.4 Å². The van der Waals surface area contributed by atoms with Crippen LogP contribution in [0.1, 0.15) is 61.8 Å². The van der Waals surface area contributed by atoms with Gasteiger partial charge in [0, 0.05) is 0 Å². The number of benzene rings is 8. The maximum atomic E-state index is 2.34. The number of rotatable bonds is 6. The molecule has 0 aliphatic carbocycles. The van der Waals surface area contributed by atoms with E-state index in [9.17, 15) is 0 Å². The second kappa shape index (κ2) is 27.0. The van der Waals surface area contributed by atoms with E-state index in [0.29, 0.717) is 11.8 Å². The molecule has 0 fully saturated rings. The summed E-state index contributed by atoms with van der Waals surface area (Å²) in [6, 6.07) is 86.7. The predicted octanol–water partition coefficient (Wildman–Crippen LogP) is 13.8. The summed E-state index contributed by atoms with van der Waals surface area (Å²) in [4.78, 5) is 0. The Morgan fingerprint density at radius 2 is 0.514 bits per heavy atom. The first-order chi connectivity index (χ1) is 33.2. The number of fused-ring (bicyclic) bond motifs is 4. The van der Waals surface area contributed by atoms with Crippen LogP contribution in [0.5, 0.6) is 0 Å². The second-order valence-corrected chi connectivity index (χ2v) is 18.7. The molecule has 356 valence electrons. The molecule has 0 saturated carbocycles.